The molecule has 3 rings (SSSR count). The zero-order valence-electron chi connectivity index (χ0n) is 16.9. The molecule has 0 aliphatic rings. The van der Waals surface area contributed by atoms with Crippen LogP contribution in [0.5, 0.6) is 0 Å². The van der Waals surface area contributed by atoms with Crippen LogP contribution in [0.4, 0.5) is 0 Å². The van der Waals surface area contributed by atoms with E-state index in [-0.39, 0.29) is 24.3 Å². The number of carbonyl (C=O) groups is 2. The molecule has 30 heavy (non-hydrogen) atoms. The van der Waals surface area contributed by atoms with Gasteiger partial charge in [0.2, 0.25) is 0 Å². The Morgan fingerprint density at radius 3 is 2.40 bits per heavy atom. The molecule has 2 aromatic carbocycles. The van der Waals surface area contributed by atoms with Crippen LogP contribution in [0.1, 0.15) is 20.3 Å². The molecule has 3 aromatic rings. The van der Waals surface area contributed by atoms with Crippen molar-refractivity contribution in [1.29, 1.82) is 0 Å². The van der Waals surface area contributed by atoms with E-state index in [0.29, 0.717) is 11.0 Å². The lowest BCUT2D eigenvalue weighted by Gasteiger charge is -2.12. The first-order valence-corrected chi connectivity index (χ1v) is 10.7. The van der Waals surface area contributed by atoms with Gasteiger partial charge in [0.1, 0.15) is 0 Å². The molecule has 0 saturated heterocycles. The maximum Gasteiger partial charge on any atom is 0.316 e. The van der Waals surface area contributed by atoms with E-state index >= 15 is 0 Å². The molecular weight excluding hydrogens is 400 g/mol. The van der Waals surface area contributed by atoms with Crippen LogP contribution < -0.4 is 5.32 Å². The molecule has 1 unspecified atom stereocenters. The fourth-order valence-electron chi connectivity index (χ4n) is 2.68. The third-order valence-electron chi connectivity index (χ3n) is 4.38. The van der Waals surface area contributed by atoms with E-state index in [1.807, 2.05) is 79.1 Å². The second-order valence-electron chi connectivity index (χ2n) is 6.67. The molecule has 1 N–H and O–H groups in total. The van der Waals surface area contributed by atoms with E-state index in [1.54, 1.807) is 0 Å². The Morgan fingerprint density at radius 2 is 1.73 bits per heavy atom. The Kier molecular flexibility index (Phi) is 7.62. The van der Waals surface area contributed by atoms with E-state index in [2.05, 4.69) is 15.5 Å². The zero-order valence-corrected chi connectivity index (χ0v) is 17.8. The highest BCUT2D eigenvalue weighted by Gasteiger charge is 2.18. The summed E-state index contributed by atoms with van der Waals surface area (Å²) in [6.07, 6.45) is 0.814. The number of carbonyl (C=O) groups excluding carboxylic acids is 2. The second kappa shape index (κ2) is 10.6. The van der Waals surface area contributed by atoms with Crippen molar-refractivity contribution in [1.82, 2.24) is 20.1 Å². The predicted molar refractivity (Wildman–Crippen MR) is 116 cm³/mol. The Balaban J connectivity index is 1.70. The summed E-state index contributed by atoms with van der Waals surface area (Å²) in [4.78, 5) is 23.9. The average Bonchev–Trinajstić information content (AvgIpc) is 3.21. The fourth-order valence-corrected chi connectivity index (χ4v) is 3.43. The number of benzene rings is 2. The van der Waals surface area contributed by atoms with E-state index in [1.165, 1.54) is 11.8 Å². The van der Waals surface area contributed by atoms with E-state index in [9.17, 15) is 9.59 Å². The van der Waals surface area contributed by atoms with Gasteiger partial charge in [0.05, 0.1) is 5.75 Å². The van der Waals surface area contributed by atoms with Gasteiger partial charge in [-0.05, 0) is 25.5 Å². The van der Waals surface area contributed by atoms with Crippen molar-refractivity contribution < 1.29 is 14.3 Å². The Labute approximate surface area is 179 Å². The summed E-state index contributed by atoms with van der Waals surface area (Å²) < 4.78 is 6.98. The number of esters is 1. The van der Waals surface area contributed by atoms with Crippen molar-refractivity contribution in [2.24, 2.45) is 0 Å². The van der Waals surface area contributed by atoms with Crippen molar-refractivity contribution in [3.05, 3.63) is 60.7 Å². The predicted octanol–water partition coefficient (Wildman–Crippen LogP) is 3.48. The van der Waals surface area contributed by atoms with E-state index in [0.717, 1.165) is 17.7 Å². The lowest BCUT2D eigenvalue weighted by molar-refractivity contribution is -0.146. The number of rotatable bonds is 9. The Hall–Kier alpha value is -3.13. The van der Waals surface area contributed by atoms with Gasteiger partial charge >= 0.3 is 5.97 Å². The summed E-state index contributed by atoms with van der Waals surface area (Å²) in [7, 11) is 0. The number of aromatic nitrogens is 3. The van der Waals surface area contributed by atoms with E-state index in [4.69, 9.17) is 4.74 Å². The van der Waals surface area contributed by atoms with Crippen molar-refractivity contribution in [2.75, 3.05) is 12.4 Å². The minimum absolute atomic E-state index is 0.0242. The van der Waals surface area contributed by atoms with Gasteiger partial charge < -0.3 is 10.1 Å². The summed E-state index contributed by atoms with van der Waals surface area (Å²) in [6.45, 7) is 3.58. The average molecular weight is 425 g/mol. The van der Waals surface area contributed by atoms with Gasteiger partial charge in [0, 0.05) is 17.3 Å². The van der Waals surface area contributed by atoms with Crippen LogP contribution in [-0.4, -0.2) is 45.0 Å². The molecule has 1 atom stereocenters. The molecule has 0 fully saturated rings. The van der Waals surface area contributed by atoms with Crippen molar-refractivity contribution in [3.63, 3.8) is 0 Å². The van der Waals surface area contributed by atoms with Crippen LogP contribution >= 0.6 is 11.8 Å². The van der Waals surface area contributed by atoms with Gasteiger partial charge in [0.25, 0.3) is 5.91 Å². The maximum absolute atomic E-state index is 12.1. The van der Waals surface area contributed by atoms with Crippen LogP contribution in [0.3, 0.4) is 0 Å². The molecule has 1 amide bonds. The first-order valence-electron chi connectivity index (χ1n) is 9.72. The molecule has 8 heteroatoms. The summed E-state index contributed by atoms with van der Waals surface area (Å²) in [5.74, 6) is -0.0774. The number of ether oxygens (including phenoxy) is 1. The minimum Gasteiger partial charge on any atom is -0.455 e. The molecule has 1 heterocycles. The summed E-state index contributed by atoms with van der Waals surface area (Å²) in [5.41, 5.74) is 1.81. The van der Waals surface area contributed by atoms with Gasteiger partial charge in [-0.15, -0.1) is 10.2 Å². The highest BCUT2D eigenvalue weighted by Crippen LogP contribution is 2.27. The number of thioether (sulfide) groups is 1. The molecule has 0 aliphatic heterocycles. The number of nitrogens with zero attached hydrogens (tertiary/aromatic N) is 3. The third-order valence-corrected chi connectivity index (χ3v) is 5.29. The maximum atomic E-state index is 12.1. The highest BCUT2D eigenvalue weighted by molar-refractivity contribution is 7.99. The molecular formula is C22H24N4O3S. The smallest absolute Gasteiger partial charge is 0.316 e. The molecule has 1 aromatic heterocycles. The molecule has 0 radical (unpaired) electrons. The van der Waals surface area contributed by atoms with Crippen LogP contribution in [0.15, 0.2) is 65.8 Å². The molecule has 0 aliphatic carbocycles. The molecule has 156 valence electrons. The van der Waals surface area contributed by atoms with Crippen LogP contribution in [0.25, 0.3) is 17.1 Å². The fraction of sp³-hybridized carbons (Fsp3) is 0.273. The quantitative estimate of drug-likeness (QED) is 0.418. The standard InChI is InChI=1S/C22H24N4O3S/c1-3-16(2)23-19(27)14-29-20(28)15-30-22-25-24-21(17-10-6-4-7-11-17)26(22)18-12-8-5-9-13-18/h4-13,16H,3,14-15H2,1-2H3,(H,23,27). The minimum atomic E-state index is -0.483. The van der Waals surface area contributed by atoms with Gasteiger partial charge in [-0.1, -0.05) is 67.2 Å². The molecule has 0 spiro atoms. The monoisotopic (exact) mass is 424 g/mol. The lowest BCUT2D eigenvalue weighted by Crippen LogP contribution is -2.35. The largest absolute Gasteiger partial charge is 0.455 e. The topological polar surface area (TPSA) is 86.1 Å². The second-order valence-corrected chi connectivity index (χ2v) is 7.61. The van der Waals surface area contributed by atoms with Crippen LogP contribution in [-0.2, 0) is 14.3 Å². The SMILES string of the molecule is CCC(C)NC(=O)COC(=O)CSc1nnc(-c2ccccc2)n1-c1ccccc1. The number of hydrogen-bond acceptors (Lipinski definition) is 6. The number of hydrogen-bond donors (Lipinski definition) is 1. The Bertz CT molecular complexity index is 977. The third kappa shape index (κ3) is 5.70. The first-order chi connectivity index (χ1) is 14.6. The number of amides is 1. The summed E-state index contributed by atoms with van der Waals surface area (Å²) in [5, 5.41) is 11.9. The zero-order chi connectivity index (χ0) is 21.3. The van der Waals surface area contributed by atoms with Crippen molar-refractivity contribution >= 4 is 23.6 Å². The molecule has 0 saturated carbocycles. The summed E-state index contributed by atoms with van der Waals surface area (Å²) >= 11 is 1.22. The highest BCUT2D eigenvalue weighted by atomic mass is 32.2. The van der Waals surface area contributed by atoms with Crippen LogP contribution in [0, 0.1) is 0 Å². The molecule has 0 bridgehead atoms. The van der Waals surface area contributed by atoms with Crippen molar-refractivity contribution in [3.8, 4) is 17.1 Å². The van der Waals surface area contributed by atoms with Crippen molar-refractivity contribution in [2.45, 2.75) is 31.5 Å². The van der Waals surface area contributed by atoms with Gasteiger partial charge in [-0.25, -0.2) is 0 Å². The number of para-hydroxylation sites is 1. The summed E-state index contributed by atoms with van der Waals surface area (Å²) in [6, 6.07) is 19.5. The lowest BCUT2D eigenvalue weighted by atomic mass is 10.2. The first kappa shape index (κ1) is 21.6. The van der Waals surface area contributed by atoms with E-state index < -0.39 is 5.97 Å². The van der Waals surface area contributed by atoms with Gasteiger partial charge in [-0.3, -0.25) is 14.2 Å². The molecule has 7 nitrogen and oxygen atoms in total. The van der Waals surface area contributed by atoms with Gasteiger partial charge in [0.15, 0.2) is 17.6 Å². The number of nitrogens with one attached hydrogen (secondary N) is 1. The van der Waals surface area contributed by atoms with Crippen LogP contribution in [0.2, 0.25) is 0 Å². The normalized spacial score (nSPS) is 11.7. The Morgan fingerprint density at radius 1 is 1.07 bits per heavy atom. The van der Waals surface area contributed by atoms with Gasteiger partial charge in [-0.2, -0.15) is 0 Å².